The van der Waals surface area contributed by atoms with Crippen molar-refractivity contribution in [1.82, 2.24) is 9.55 Å². The largest absolute Gasteiger partial charge is 0.379 e. The van der Waals surface area contributed by atoms with Gasteiger partial charge in [-0.1, -0.05) is 40.2 Å². The van der Waals surface area contributed by atoms with Crippen LogP contribution in [0.5, 0.6) is 0 Å². The molecule has 0 saturated heterocycles. The third-order valence-corrected chi connectivity index (χ3v) is 4.16. The van der Waals surface area contributed by atoms with Crippen LogP contribution in [0, 0.1) is 0 Å². The molecule has 0 aliphatic carbocycles. The summed E-state index contributed by atoms with van der Waals surface area (Å²) in [7, 11) is 0. The molecule has 1 aromatic heterocycles. The molecular weight excluding hydrogens is 314 g/mol. The fourth-order valence-electron chi connectivity index (χ4n) is 2.38. The van der Waals surface area contributed by atoms with E-state index in [2.05, 4.69) is 74.1 Å². The van der Waals surface area contributed by atoms with E-state index >= 15 is 0 Å². The Morgan fingerprint density at radius 3 is 2.75 bits per heavy atom. The number of anilines is 1. The van der Waals surface area contributed by atoms with Gasteiger partial charge in [-0.3, -0.25) is 0 Å². The number of aryl methyl sites for hydroxylation is 1. The molecule has 0 atom stereocenters. The first-order valence-corrected chi connectivity index (χ1v) is 7.49. The van der Waals surface area contributed by atoms with Crippen molar-refractivity contribution in [1.29, 1.82) is 0 Å². The Balaban J connectivity index is 1.90. The Morgan fingerprint density at radius 1 is 1.15 bits per heavy atom. The first-order chi connectivity index (χ1) is 9.79. The minimum Gasteiger partial charge on any atom is -0.379 e. The molecule has 1 N–H and O–H groups in total. The van der Waals surface area contributed by atoms with Crippen molar-refractivity contribution in [3.8, 4) is 0 Å². The van der Waals surface area contributed by atoms with Crippen LogP contribution in [-0.4, -0.2) is 9.55 Å². The minimum absolute atomic E-state index is 0.777. The maximum atomic E-state index is 4.20. The van der Waals surface area contributed by atoms with Gasteiger partial charge in [-0.15, -0.1) is 0 Å². The zero-order valence-corrected chi connectivity index (χ0v) is 12.9. The first-order valence-electron chi connectivity index (χ1n) is 6.69. The summed E-state index contributed by atoms with van der Waals surface area (Å²) in [6.07, 6.45) is 3.79. The molecule has 4 heteroatoms. The van der Waals surface area contributed by atoms with Crippen LogP contribution >= 0.6 is 15.9 Å². The highest BCUT2D eigenvalue weighted by molar-refractivity contribution is 9.10. The lowest BCUT2D eigenvalue weighted by molar-refractivity contribution is 0.720. The number of rotatable bonds is 4. The van der Waals surface area contributed by atoms with Crippen molar-refractivity contribution in [2.45, 2.75) is 20.0 Å². The lowest BCUT2D eigenvalue weighted by Gasteiger charge is -2.12. The Hall–Kier alpha value is -1.81. The van der Waals surface area contributed by atoms with Crippen molar-refractivity contribution in [3.63, 3.8) is 0 Å². The van der Waals surface area contributed by atoms with Crippen molar-refractivity contribution in [2.75, 3.05) is 5.32 Å². The second-order valence-corrected chi connectivity index (χ2v) is 5.52. The normalized spacial score (nSPS) is 10.9. The summed E-state index contributed by atoms with van der Waals surface area (Å²) in [6.45, 7) is 3.85. The van der Waals surface area contributed by atoms with Crippen LogP contribution in [0.3, 0.4) is 0 Å². The molecule has 0 bridgehead atoms. The number of fused-ring (bicyclic) bond motifs is 1. The predicted molar refractivity (Wildman–Crippen MR) is 86.9 cm³/mol. The van der Waals surface area contributed by atoms with Gasteiger partial charge in [0.1, 0.15) is 0 Å². The monoisotopic (exact) mass is 329 g/mol. The van der Waals surface area contributed by atoms with Crippen molar-refractivity contribution >= 4 is 32.4 Å². The molecule has 102 valence electrons. The third kappa shape index (κ3) is 2.43. The highest BCUT2D eigenvalue weighted by Crippen LogP contribution is 2.30. The highest BCUT2D eigenvalue weighted by Gasteiger charge is 2.05. The summed E-state index contributed by atoms with van der Waals surface area (Å²) in [5.41, 5.74) is 2.34. The second-order valence-electron chi connectivity index (χ2n) is 4.67. The zero-order valence-electron chi connectivity index (χ0n) is 11.3. The molecule has 0 spiro atoms. The predicted octanol–water partition coefficient (Wildman–Crippen LogP) is 4.43. The maximum Gasteiger partial charge on any atom is 0.0948 e. The van der Waals surface area contributed by atoms with E-state index in [4.69, 9.17) is 0 Å². The summed E-state index contributed by atoms with van der Waals surface area (Å²) < 4.78 is 3.27. The molecule has 3 rings (SSSR count). The van der Waals surface area contributed by atoms with Gasteiger partial charge in [0.2, 0.25) is 0 Å². The second kappa shape index (κ2) is 5.67. The number of halogens is 1. The van der Waals surface area contributed by atoms with Crippen LogP contribution in [0.1, 0.15) is 12.6 Å². The molecule has 0 radical (unpaired) electrons. The molecule has 3 aromatic rings. The standard InChI is InChI=1S/C16H16BrN3/c1-2-20-11-18-9-12(20)10-19-16-8-7-15(17)13-5-3-4-6-14(13)16/h3-9,11,19H,2,10H2,1H3. The fourth-order valence-corrected chi connectivity index (χ4v) is 2.86. The van der Waals surface area contributed by atoms with Gasteiger partial charge >= 0.3 is 0 Å². The molecule has 3 nitrogen and oxygen atoms in total. The minimum atomic E-state index is 0.777. The zero-order chi connectivity index (χ0) is 13.9. The van der Waals surface area contributed by atoms with E-state index in [1.807, 2.05) is 12.5 Å². The first kappa shape index (κ1) is 13.2. The Bertz CT molecular complexity index is 733. The SMILES string of the molecule is CCn1cncc1CNc1ccc(Br)c2ccccc12. The van der Waals surface area contributed by atoms with E-state index in [1.54, 1.807) is 0 Å². The summed E-state index contributed by atoms with van der Waals surface area (Å²) in [6, 6.07) is 12.6. The number of aromatic nitrogens is 2. The van der Waals surface area contributed by atoms with Crippen molar-refractivity contribution in [2.24, 2.45) is 0 Å². The number of benzene rings is 2. The smallest absolute Gasteiger partial charge is 0.0948 e. The lowest BCUT2D eigenvalue weighted by Crippen LogP contribution is -2.06. The number of nitrogens with zero attached hydrogens (tertiary/aromatic N) is 2. The van der Waals surface area contributed by atoms with E-state index in [9.17, 15) is 0 Å². The molecule has 0 aliphatic rings. The molecule has 1 heterocycles. The Morgan fingerprint density at radius 2 is 1.95 bits per heavy atom. The summed E-state index contributed by atoms with van der Waals surface area (Å²) >= 11 is 3.60. The number of imidazole rings is 1. The van der Waals surface area contributed by atoms with E-state index < -0.39 is 0 Å². The summed E-state index contributed by atoms with van der Waals surface area (Å²) in [4.78, 5) is 4.20. The van der Waals surface area contributed by atoms with Gasteiger partial charge in [-0.2, -0.15) is 0 Å². The van der Waals surface area contributed by atoms with Gasteiger partial charge in [0.05, 0.1) is 18.6 Å². The van der Waals surface area contributed by atoms with Gasteiger partial charge in [-0.25, -0.2) is 4.98 Å². The van der Waals surface area contributed by atoms with Crippen LogP contribution in [0.15, 0.2) is 53.4 Å². The number of hydrogen-bond donors (Lipinski definition) is 1. The van der Waals surface area contributed by atoms with Gasteiger partial charge in [0.25, 0.3) is 0 Å². The Kier molecular flexibility index (Phi) is 3.74. The molecule has 0 aliphatic heterocycles. The Labute approximate surface area is 126 Å². The topological polar surface area (TPSA) is 29.9 Å². The van der Waals surface area contributed by atoms with Crippen LogP contribution in [-0.2, 0) is 13.1 Å². The van der Waals surface area contributed by atoms with Gasteiger partial charge in [-0.05, 0) is 24.4 Å². The van der Waals surface area contributed by atoms with Crippen molar-refractivity contribution in [3.05, 3.63) is 59.1 Å². The molecule has 0 amide bonds. The fraction of sp³-hybridized carbons (Fsp3) is 0.188. The van der Waals surface area contributed by atoms with Crippen LogP contribution < -0.4 is 5.32 Å². The van der Waals surface area contributed by atoms with Crippen molar-refractivity contribution < 1.29 is 0 Å². The van der Waals surface area contributed by atoms with E-state index in [0.717, 1.165) is 23.2 Å². The maximum absolute atomic E-state index is 4.20. The van der Waals surface area contributed by atoms with Gasteiger partial charge < -0.3 is 9.88 Å². The van der Waals surface area contributed by atoms with E-state index in [1.165, 1.54) is 16.5 Å². The van der Waals surface area contributed by atoms with E-state index in [0.29, 0.717) is 0 Å². The van der Waals surface area contributed by atoms with E-state index in [-0.39, 0.29) is 0 Å². The quantitative estimate of drug-likeness (QED) is 0.767. The molecule has 0 fully saturated rings. The van der Waals surface area contributed by atoms with Crippen LogP contribution in [0.4, 0.5) is 5.69 Å². The molecule has 2 aromatic carbocycles. The number of nitrogens with one attached hydrogen (secondary N) is 1. The molecular formula is C16H16BrN3. The van der Waals surface area contributed by atoms with Crippen LogP contribution in [0.2, 0.25) is 0 Å². The summed E-state index contributed by atoms with van der Waals surface area (Å²) in [5, 5.41) is 5.96. The van der Waals surface area contributed by atoms with Crippen LogP contribution in [0.25, 0.3) is 10.8 Å². The highest BCUT2D eigenvalue weighted by atomic mass is 79.9. The lowest BCUT2D eigenvalue weighted by atomic mass is 10.1. The summed E-state index contributed by atoms with van der Waals surface area (Å²) in [5.74, 6) is 0. The van der Waals surface area contributed by atoms with Gasteiger partial charge in [0, 0.05) is 28.3 Å². The molecule has 20 heavy (non-hydrogen) atoms. The average molecular weight is 330 g/mol. The molecule has 0 unspecified atom stereocenters. The number of hydrogen-bond acceptors (Lipinski definition) is 2. The third-order valence-electron chi connectivity index (χ3n) is 3.47. The van der Waals surface area contributed by atoms with Gasteiger partial charge in [0.15, 0.2) is 0 Å². The average Bonchev–Trinajstić information content (AvgIpc) is 2.94. The molecule has 0 saturated carbocycles.